The SMILES string of the molecule is Oc1ccc(-c2cnc3n2CCC(O)C3)cc1. The zero-order chi connectivity index (χ0) is 11.8. The Labute approximate surface area is 99.2 Å². The molecule has 1 aliphatic rings. The third-order valence-electron chi connectivity index (χ3n) is 3.21. The molecule has 1 atom stereocenters. The minimum atomic E-state index is -0.266. The number of aliphatic hydroxyl groups excluding tert-OH is 1. The third kappa shape index (κ3) is 1.80. The number of hydrogen-bond donors (Lipinski definition) is 2. The van der Waals surface area contributed by atoms with Crippen molar-refractivity contribution in [3.8, 4) is 17.0 Å². The Morgan fingerprint density at radius 2 is 2.00 bits per heavy atom. The lowest BCUT2D eigenvalue weighted by Crippen LogP contribution is -2.23. The number of nitrogens with zero attached hydrogens (tertiary/aromatic N) is 2. The number of phenols is 1. The van der Waals surface area contributed by atoms with Crippen molar-refractivity contribution in [1.82, 2.24) is 9.55 Å². The first-order valence-corrected chi connectivity index (χ1v) is 5.76. The molecule has 0 amide bonds. The van der Waals surface area contributed by atoms with Gasteiger partial charge in [0.2, 0.25) is 0 Å². The van der Waals surface area contributed by atoms with Gasteiger partial charge < -0.3 is 14.8 Å². The lowest BCUT2D eigenvalue weighted by atomic mass is 10.1. The highest BCUT2D eigenvalue weighted by Crippen LogP contribution is 2.26. The number of aromatic nitrogens is 2. The van der Waals surface area contributed by atoms with E-state index in [2.05, 4.69) is 9.55 Å². The third-order valence-corrected chi connectivity index (χ3v) is 3.21. The molecule has 0 fully saturated rings. The van der Waals surface area contributed by atoms with Crippen LogP contribution >= 0.6 is 0 Å². The lowest BCUT2D eigenvalue weighted by Gasteiger charge is -2.20. The van der Waals surface area contributed by atoms with Crippen LogP contribution in [0.25, 0.3) is 11.3 Å². The molecule has 0 saturated heterocycles. The van der Waals surface area contributed by atoms with E-state index in [0.717, 1.165) is 30.0 Å². The molecule has 2 aromatic rings. The molecule has 1 aromatic carbocycles. The van der Waals surface area contributed by atoms with E-state index in [9.17, 15) is 10.2 Å². The largest absolute Gasteiger partial charge is 0.508 e. The first-order chi connectivity index (χ1) is 8.24. The van der Waals surface area contributed by atoms with E-state index in [-0.39, 0.29) is 11.9 Å². The van der Waals surface area contributed by atoms with Crippen LogP contribution in [0.3, 0.4) is 0 Å². The van der Waals surface area contributed by atoms with Gasteiger partial charge in [-0.1, -0.05) is 0 Å². The van der Waals surface area contributed by atoms with Crippen molar-refractivity contribution >= 4 is 0 Å². The van der Waals surface area contributed by atoms with Gasteiger partial charge in [0.15, 0.2) is 0 Å². The fourth-order valence-electron chi connectivity index (χ4n) is 2.28. The Hall–Kier alpha value is -1.81. The number of imidazole rings is 1. The molecular formula is C13H14N2O2. The Morgan fingerprint density at radius 3 is 2.76 bits per heavy atom. The Morgan fingerprint density at radius 1 is 1.24 bits per heavy atom. The Kier molecular flexibility index (Phi) is 2.37. The van der Waals surface area contributed by atoms with Gasteiger partial charge in [0, 0.05) is 18.5 Å². The Balaban J connectivity index is 2.02. The second kappa shape index (κ2) is 3.89. The summed E-state index contributed by atoms with van der Waals surface area (Å²) in [6, 6.07) is 7.11. The van der Waals surface area contributed by atoms with Gasteiger partial charge in [0.25, 0.3) is 0 Å². The minimum absolute atomic E-state index is 0.266. The maximum Gasteiger partial charge on any atom is 0.115 e. The summed E-state index contributed by atoms with van der Waals surface area (Å²) >= 11 is 0. The van der Waals surface area contributed by atoms with E-state index < -0.39 is 0 Å². The molecule has 0 spiro atoms. The number of aromatic hydroxyl groups is 1. The monoisotopic (exact) mass is 230 g/mol. The molecule has 0 bridgehead atoms. The van der Waals surface area contributed by atoms with E-state index in [1.807, 2.05) is 18.3 Å². The van der Waals surface area contributed by atoms with Crippen LogP contribution in [0, 0.1) is 0 Å². The van der Waals surface area contributed by atoms with Crippen LogP contribution in [0.2, 0.25) is 0 Å². The zero-order valence-electron chi connectivity index (χ0n) is 9.37. The molecule has 4 nitrogen and oxygen atoms in total. The predicted octanol–water partition coefficient (Wildman–Crippen LogP) is 1.56. The van der Waals surface area contributed by atoms with E-state index in [1.54, 1.807) is 12.1 Å². The summed E-state index contributed by atoms with van der Waals surface area (Å²) in [5.41, 5.74) is 2.09. The van der Waals surface area contributed by atoms with E-state index in [0.29, 0.717) is 6.42 Å². The standard InChI is InChI=1S/C13H14N2O2/c16-10-3-1-9(2-4-10)12-8-14-13-7-11(17)5-6-15(12)13/h1-4,8,11,16-17H,5-7H2. The molecular weight excluding hydrogens is 216 g/mol. The topological polar surface area (TPSA) is 58.3 Å². The molecule has 1 aliphatic heterocycles. The average molecular weight is 230 g/mol. The number of rotatable bonds is 1. The molecule has 1 aromatic heterocycles. The van der Waals surface area contributed by atoms with Crippen LogP contribution < -0.4 is 0 Å². The van der Waals surface area contributed by atoms with Crippen molar-refractivity contribution in [2.24, 2.45) is 0 Å². The van der Waals surface area contributed by atoms with Crippen LogP contribution in [0.4, 0.5) is 0 Å². The van der Waals surface area contributed by atoms with Gasteiger partial charge in [-0.05, 0) is 30.7 Å². The summed E-state index contributed by atoms with van der Waals surface area (Å²) in [5.74, 6) is 1.20. The molecule has 2 N–H and O–H groups in total. The van der Waals surface area contributed by atoms with E-state index in [1.165, 1.54) is 0 Å². The van der Waals surface area contributed by atoms with Crippen molar-refractivity contribution in [1.29, 1.82) is 0 Å². The smallest absolute Gasteiger partial charge is 0.115 e. The zero-order valence-corrected chi connectivity index (χ0v) is 9.37. The van der Waals surface area contributed by atoms with Crippen molar-refractivity contribution < 1.29 is 10.2 Å². The molecule has 88 valence electrons. The van der Waals surface area contributed by atoms with Crippen molar-refractivity contribution in [3.63, 3.8) is 0 Å². The van der Waals surface area contributed by atoms with Crippen LogP contribution in [-0.2, 0) is 13.0 Å². The molecule has 17 heavy (non-hydrogen) atoms. The summed E-state index contributed by atoms with van der Waals surface area (Å²) in [6.45, 7) is 0.798. The fraction of sp³-hybridized carbons (Fsp3) is 0.308. The van der Waals surface area contributed by atoms with Gasteiger partial charge >= 0.3 is 0 Å². The van der Waals surface area contributed by atoms with E-state index in [4.69, 9.17) is 0 Å². The maximum atomic E-state index is 9.59. The highest BCUT2D eigenvalue weighted by molar-refractivity contribution is 5.60. The Bertz CT molecular complexity index is 531. The lowest BCUT2D eigenvalue weighted by molar-refractivity contribution is 0.142. The van der Waals surface area contributed by atoms with Gasteiger partial charge in [0.05, 0.1) is 18.0 Å². The number of aliphatic hydroxyl groups is 1. The predicted molar refractivity (Wildman–Crippen MR) is 63.7 cm³/mol. The second-order valence-corrected chi connectivity index (χ2v) is 4.40. The van der Waals surface area contributed by atoms with Crippen molar-refractivity contribution in [2.45, 2.75) is 25.5 Å². The molecule has 2 heterocycles. The number of phenolic OH excluding ortho intramolecular Hbond substituents is 1. The molecule has 0 saturated carbocycles. The maximum absolute atomic E-state index is 9.59. The summed E-state index contributed by atoms with van der Waals surface area (Å²) in [6.07, 6.45) is 2.96. The van der Waals surface area contributed by atoms with Crippen molar-refractivity contribution in [2.75, 3.05) is 0 Å². The fourth-order valence-corrected chi connectivity index (χ4v) is 2.28. The summed E-state index contributed by atoms with van der Waals surface area (Å²) in [7, 11) is 0. The normalized spacial score (nSPS) is 19.0. The molecule has 0 radical (unpaired) electrons. The number of benzene rings is 1. The highest BCUT2D eigenvalue weighted by Gasteiger charge is 2.20. The van der Waals surface area contributed by atoms with Crippen LogP contribution in [0.5, 0.6) is 5.75 Å². The van der Waals surface area contributed by atoms with Gasteiger partial charge in [-0.3, -0.25) is 0 Å². The second-order valence-electron chi connectivity index (χ2n) is 4.40. The van der Waals surface area contributed by atoms with Gasteiger partial charge in [-0.25, -0.2) is 4.98 Å². The average Bonchev–Trinajstić information content (AvgIpc) is 2.73. The van der Waals surface area contributed by atoms with Gasteiger partial charge in [-0.2, -0.15) is 0 Å². The highest BCUT2D eigenvalue weighted by atomic mass is 16.3. The quantitative estimate of drug-likeness (QED) is 0.781. The molecule has 4 heteroatoms. The van der Waals surface area contributed by atoms with Crippen molar-refractivity contribution in [3.05, 3.63) is 36.3 Å². The van der Waals surface area contributed by atoms with Crippen LogP contribution in [-0.4, -0.2) is 25.9 Å². The molecule has 3 rings (SSSR count). The van der Waals surface area contributed by atoms with Gasteiger partial charge in [-0.15, -0.1) is 0 Å². The number of hydrogen-bond acceptors (Lipinski definition) is 3. The summed E-state index contributed by atoms with van der Waals surface area (Å²) in [5, 5.41) is 18.9. The summed E-state index contributed by atoms with van der Waals surface area (Å²) < 4.78 is 2.14. The van der Waals surface area contributed by atoms with Crippen LogP contribution in [0.15, 0.2) is 30.5 Å². The first kappa shape index (κ1) is 10.4. The van der Waals surface area contributed by atoms with E-state index >= 15 is 0 Å². The summed E-state index contributed by atoms with van der Waals surface area (Å²) in [4.78, 5) is 4.35. The minimum Gasteiger partial charge on any atom is -0.508 e. The number of fused-ring (bicyclic) bond motifs is 1. The van der Waals surface area contributed by atoms with Gasteiger partial charge in [0.1, 0.15) is 11.6 Å². The molecule has 0 aliphatic carbocycles. The first-order valence-electron chi connectivity index (χ1n) is 5.76. The molecule has 1 unspecified atom stereocenters. The van der Waals surface area contributed by atoms with Crippen LogP contribution in [0.1, 0.15) is 12.2 Å².